The molecule has 3 rings (SSSR count). The second-order valence-corrected chi connectivity index (χ2v) is 6.30. The van der Waals surface area contributed by atoms with E-state index in [-0.39, 0.29) is 12.1 Å². The molecule has 1 N–H and O–H groups in total. The number of nitrogens with one attached hydrogen (secondary N) is 1. The van der Waals surface area contributed by atoms with Crippen molar-refractivity contribution in [1.29, 1.82) is 0 Å². The molecule has 0 aliphatic carbocycles. The highest BCUT2D eigenvalue weighted by atomic mass is 127. The van der Waals surface area contributed by atoms with Crippen molar-refractivity contribution < 1.29 is 9.53 Å². The van der Waals surface area contributed by atoms with Gasteiger partial charge in [-0.05, 0) is 40.1 Å². The van der Waals surface area contributed by atoms with Crippen molar-refractivity contribution in [3.05, 3.63) is 81.1 Å². The van der Waals surface area contributed by atoms with Gasteiger partial charge in [-0.1, -0.05) is 60.7 Å². The van der Waals surface area contributed by atoms with Crippen molar-refractivity contribution >= 4 is 28.7 Å². The highest BCUT2D eigenvalue weighted by Gasteiger charge is 2.28. The van der Waals surface area contributed by atoms with Gasteiger partial charge in [-0.3, -0.25) is 0 Å². The fraction of sp³-hybridized carbons (Fsp3) is 0.167. The lowest BCUT2D eigenvalue weighted by molar-refractivity contribution is 0.162. The lowest BCUT2D eigenvalue weighted by atomic mass is 10.0. The van der Waals surface area contributed by atoms with Gasteiger partial charge in [0.1, 0.15) is 5.76 Å². The summed E-state index contributed by atoms with van der Waals surface area (Å²) in [6, 6.07) is 20.1. The summed E-state index contributed by atoms with van der Waals surface area (Å²) in [7, 11) is 0. The Morgan fingerprint density at radius 2 is 1.59 bits per heavy atom. The summed E-state index contributed by atoms with van der Waals surface area (Å²) in [5.74, 6) is 0.766. The molecule has 0 aromatic heterocycles. The number of benzene rings is 2. The Morgan fingerprint density at radius 3 is 2.27 bits per heavy atom. The number of rotatable bonds is 4. The van der Waals surface area contributed by atoms with Gasteiger partial charge in [-0.2, -0.15) is 0 Å². The lowest BCUT2D eigenvalue weighted by Crippen LogP contribution is -2.34. The van der Waals surface area contributed by atoms with Crippen molar-refractivity contribution in [2.24, 2.45) is 0 Å². The second-order valence-electron chi connectivity index (χ2n) is 5.13. The number of hydrogen-bond donors (Lipinski definition) is 1. The molecular formula is C18H16INO2. The minimum Gasteiger partial charge on any atom is -0.414 e. The van der Waals surface area contributed by atoms with Crippen LogP contribution in [-0.4, -0.2) is 6.09 Å². The number of carbonyl (C=O) groups excluding carboxylic acids is 1. The number of aryl methyl sites for hydroxylation is 1. The predicted molar refractivity (Wildman–Crippen MR) is 94.6 cm³/mol. The van der Waals surface area contributed by atoms with Crippen LogP contribution in [0, 0.1) is 0 Å². The summed E-state index contributed by atoms with van der Waals surface area (Å²) < 4.78 is 6.44. The highest BCUT2D eigenvalue weighted by molar-refractivity contribution is 14.1. The Labute approximate surface area is 143 Å². The maximum Gasteiger partial charge on any atom is 0.413 e. The first-order valence-corrected chi connectivity index (χ1v) is 8.27. The van der Waals surface area contributed by atoms with E-state index in [9.17, 15) is 4.79 Å². The Balaban J connectivity index is 1.80. The summed E-state index contributed by atoms with van der Waals surface area (Å²) in [6.45, 7) is 0. The zero-order chi connectivity index (χ0) is 15.4. The number of ether oxygens (including phenoxy) is 1. The van der Waals surface area contributed by atoms with Crippen molar-refractivity contribution in [2.75, 3.05) is 0 Å². The molecule has 2 aromatic carbocycles. The monoisotopic (exact) mass is 405 g/mol. The van der Waals surface area contributed by atoms with Crippen LogP contribution in [0.5, 0.6) is 0 Å². The van der Waals surface area contributed by atoms with Crippen LogP contribution in [0.4, 0.5) is 4.79 Å². The number of amides is 1. The van der Waals surface area contributed by atoms with Crippen LogP contribution < -0.4 is 5.32 Å². The smallest absolute Gasteiger partial charge is 0.413 e. The zero-order valence-electron chi connectivity index (χ0n) is 12.0. The third kappa shape index (κ3) is 3.50. The molecule has 0 fully saturated rings. The van der Waals surface area contributed by atoms with Crippen LogP contribution >= 0.6 is 22.6 Å². The van der Waals surface area contributed by atoms with E-state index in [1.165, 1.54) is 5.56 Å². The number of hydrogen-bond acceptors (Lipinski definition) is 2. The van der Waals surface area contributed by atoms with E-state index in [1.807, 2.05) is 48.5 Å². The van der Waals surface area contributed by atoms with Gasteiger partial charge in [0.25, 0.3) is 0 Å². The minimum absolute atomic E-state index is 0.117. The molecule has 0 unspecified atom stereocenters. The van der Waals surface area contributed by atoms with E-state index >= 15 is 0 Å². The fourth-order valence-electron chi connectivity index (χ4n) is 2.48. The maximum atomic E-state index is 11.8. The first-order chi connectivity index (χ1) is 10.7. The van der Waals surface area contributed by atoms with E-state index in [1.54, 1.807) is 0 Å². The average Bonchev–Trinajstić information content (AvgIpc) is 2.57. The van der Waals surface area contributed by atoms with Crippen molar-refractivity contribution in [1.82, 2.24) is 5.32 Å². The van der Waals surface area contributed by atoms with Gasteiger partial charge >= 0.3 is 6.09 Å². The summed E-state index contributed by atoms with van der Waals surface area (Å²) in [6.07, 6.45) is 1.20. The Kier molecular flexibility index (Phi) is 4.77. The molecule has 1 amide bonds. The maximum absolute atomic E-state index is 11.8. The molecule has 0 radical (unpaired) electrons. The fourth-order valence-corrected chi connectivity index (χ4v) is 3.38. The molecule has 1 heterocycles. The topological polar surface area (TPSA) is 38.3 Å². The molecule has 22 heavy (non-hydrogen) atoms. The SMILES string of the molecule is O=C1N[C@@H](c2ccccc2)C(I)=C(CCc2ccccc2)O1. The van der Waals surface area contributed by atoms with Crippen LogP contribution in [0.15, 0.2) is 70.0 Å². The number of allylic oxidation sites excluding steroid dienone is 1. The van der Waals surface area contributed by atoms with E-state index in [2.05, 4.69) is 40.0 Å². The molecule has 0 saturated heterocycles. The van der Waals surface area contributed by atoms with Crippen LogP contribution in [0.1, 0.15) is 23.6 Å². The van der Waals surface area contributed by atoms with E-state index in [0.29, 0.717) is 0 Å². The molecule has 0 bridgehead atoms. The first-order valence-electron chi connectivity index (χ1n) is 7.20. The third-order valence-corrected chi connectivity index (χ3v) is 4.84. The Morgan fingerprint density at radius 1 is 0.955 bits per heavy atom. The summed E-state index contributed by atoms with van der Waals surface area (Å²) in [5, 5.41) is 2.88. The van der Waals surface area contributed by atoms with Gasteiger partial charge in [-0.25, -0.2) is 4.79 Å². The standard InChI is InChI=1S/C18H16INO2/c19-16-15(12-11-13-7-3-1-4-8-13)22-18(21)20-17(16)14-9-5-2-6-10-14/h1-10,17H,11-12H2,(H,20,21)/t17-/m0/s1. The molecular weight excluding hydrogens is 389 g/mol. The lowest BCUT2D eigenvalue weighted by Gasteiger charge is -2.26. The molecule has 2 aromatic rings. The molecule has 4 heteroatoms. The average molecular weight is 405 g/mol. The van der Waals surface area contributed by atoms with Crippen LogP contribution in [0.25, 0.3) is 0 Å². The van der Waals surface area contributed by atoms with Crippen molar-refractivity contribution in [2.45, 2.75) is 18.9 Å². The number of cyclic esters (lactones) is 1. The molecule has 0 saturated carbocycles. The largest absolute Gasteiger partial charge is 0.414 e. The van der Waals surface area contributed by atoms with Crippen molar-refractivity contribution in [3.8, 4) is 0 Å². The van der Waals surface area contributed by atoms with Gasteiger partial charge in [0, 0.05) is 6.42 Å². The van der Waals surface area contributed by atoms with Gasteiger partial charge in [-0.15, -0.1) is 0 Å². The van der Waals surface area contributed by atoms with Crippen LogP contribution in [0.2, 0.25) is 0 Å². The number of alkyl carbamates (subject to hydrolysis) is 1. The molecule has 1 aliphatic heterocycles. The third-order valence-electron chi connectivity index (χ3n) is 3.61. The number of halogens is 1. The first kappa shape index (κ1) is 15.1. The van der Waals surface area contributed by atoms with Gasteiger partial charge in [0.2, 0.25) is 0 Å². The second kappa shape index (κ2) is 6.96. The predicted octanol–water partition coefficient (Wildman–Crippen LogP) is 4.75. The quantitative estimate of drug-likeness (QED) is 0.746. The molecule has 0 spiro atoms. The zero-order valence-corrected chi connectivity index (χ0v) is 14.1. The van der Waals surface area contributed by atoms with Gasteiger partial charge in [0.15, 0.2) is 0 Å². The van der Waals surface area contributed by atoms with E-state index < -0.39 is 0 Å². The van der Waals surface area contributed by atoms with Crippen molar-refractivity contribution in [3.63, 3.8) is 0 Å². The summed E-state index contributed by atoms with van der Waals surface area (Å²) in [5.41, 5.74) is 2.31. The summed E-state index contributed by atoms with van der Waals surface area (Å²) in [4.78, 5) is 11.8. The van der Waals surface area contributed by atoms with Gasteiger partial charge in [0.05, 0.1) is 9.62 Å². The van der Waals surface area contributed by atoms with Crippen LogP contribution in [0.3, 0.4) is 0 Å². The molecule has 1 atom stereocenters. The van der Waals surface area contributed by atoms with E-state index in [0.717, 1.165) is 27.7 Å². The van der Waals surface area contributed by atoms with Gasteiger partial charge < -0.3 is 10.1 Å². The molecule has 3 nitrogen and oxygen atoms in total. The summed E-state index contributed by atoms with van der Waals surface area (Å²) >= 11 is 2.28. The Hall–Kier alpha value is -1.82. The molecule has 112 valence electrons. The highest BCUT2D eigenvalue weighted by Crippen LogP contribution is 2.34. The number of carbonyl (C=O) groups is 1. The Bertz CT molecular complexity index is 683. The minimum atomic E-state index is -0.377. The normalized spacial score (nSPS) is 17.9. The molecule has 1 aliphatic rings. The van der Waals surface area contributed by atoms with E-state index in [4.69, 9.17) is 4.74 Å². The van der Waals surface area contributed by atoms with Crippen LogP contribution in [-0.2, 0) is 11.2 Å².